The lowest BCUT2D eigenvalue weighted by molar-refractivity contribution is 0.435. The number of hydrogen-bond acceptors (Lipinski definition) is 1. The molecule has 1 aliphatic carbocycles. The molecule has 0 bridgehead atoms. The first-order valence-corrected chi connectivity index (χ1v) is 6.96. The Labute approximate surface area is 109 Å². The Hall–Kier alpha value is -1.57. The summed E-state index contributed by atoms with van der Waals surface area (Å²) in [5, 5.41) is 4.78. The lowest BCUT2D eigenvalue weighted by atomic mass is 9.87. The third-order valence-corrected chi connectivity index (χ3v) is 4.00. The summed E-state index contributed by atoms with van der Waals surface area (Å²) in [6, 6.07) is 10.6. The standard InChI is InChI=1S/C16H20N2/c1-13-7-5-6-10-16(13)18-12-11-15(17-18)14-8-3-2-4-9-14/h5-7,10-12,14H,2-4,8-9H2,1H3. The third kappa shape index (κ3) is 2.20. The monoisotopic (exact) mass is 240 g/mol. The van der Waals surface area contributed by atoms with E-state index in [1.165, 1.54) is 49.0 Å². The average molecular weight is 240 g/mol. The molecule has 2 heteroatoms. The van der Waals surface area contributed by atoms with Gasteiger partial charge in [-0.25, -0.2) is 4.68 Å². The molecule has 0 amide bonds. The van der Waals surface area contributed by atoms with Gasteiger partial charge in [0.05, 0.1) is 11.4 Å². The first-order valence-electron chi connectivity index (χ1n) is 6.96. The number of rotatable bonds is 2. The zero-order chi connectivity index (χ0) is 12.4. The van der Waals surface area contributed by atoms with Crippen LogP contribution >= 0.6 is 0 Å². The van der Waals surface area contributed by atoms with Crippen molar-refractivity contribution in [3.63, 3.8) is 0 Å². The highest BCUT2D eigenvalue weighted by Crippen LogP contribution is 2.31. The van der Waals surface area contributed by atoms with E-state index in [9.17, 15) is 0 Å². The van der Waals surface area contributed by atoms with Crippen molar-refractivity contribution in [2.45, 2.75) is 44.9 Å². The smallest absolute Gasteiger partial charge is 0.0674 e. The summed E-state index contributed by atoms with van der Waals surface area (Å²) in [6.45, 7) is 2.14. The van der Waals surface area contributed by atoms with Gasteiger partial charge in [0.25, 0.3) is 0 Å². The van der Waals surface area contributed by atoms with Crippen LogP contribution in [-0.4, -0.2) is 9.78 Å². The maximum absolute atomic E-state index is 4.78. The molecule has 1 aliphatic rings. The molecule has 0 unspecified atom stereocenters. The van der Waals surface area contributed by atoms with E-state index < -0.39 is 0 Å². The van der Waals surface area contributed by atoms with Gasteiger partial charge in [-0.05, 0) is 37.5 Å². The second-order valence-electron chi connectivity index (χ2n) is 5.31. The zero-order valence-electron chi connectivity index (χ0n) is 11.0. The first-order chi connectivity index (χ1) is 8.84. The van der Waals surface area contributed by atoms with Gasteiger partial charge in [0, 0.05) is 12.1 Å². The number of nitrogens with zero attached hydrogens (tertiary/aromatic N) is 2. The fourth-order valence-corrected chi connectivity index (χ4v) is 2.91. The van der Waals surface area contributed by atoms with Gasteiger partial charge < -0.3 is 0 Å². The predicted octanol–water partition coefficient (Wildman–Crippen LogP) is 4.23. The van der Waals surface area contributed by atoms with Gasteiger partial charge in [-0.15, -0.1) is 0 Å². The minimum atomic E-state index is 0.684. The topological polar surface area (TPSA) is 17.8 Å². The molecular weight excluding hydrogens is 220 g/mol. The van der Waals surface area contributed by atoms with Crippen molar-refractivity contribution in [2.75, 3.05) is 0 Å². The molecule has 0 aliphatic heterocycles. The summed E-state index contributed by atoms with van der Waals surface area (Å²) in [5.41, 5.74) is 3.74. The van der Waals surface area contributed by atoms with Gasteiger partial charge >= 0.3 is 0 Å². The lowest BCUT2D eigenvalue weighted by Gasteiger charge is -2.19. The van der Waals surface area contributed by atoms with Gasteiger partial charge in [0.1, 0.15) is 0 Å². The molecule has 0 radical (unpaired) electrons. The Balaban J connectivity index is 1.87. The minimum Gasteiger partial charge on any atom is -0.240 e. The van der Waals surface area contributed by atoms with Gasteiger partial charge in [0.15, 0.2) is 0 Å². The number of para-hydroxylation sites is 1. The highest BCUT2D eigenvalue weighted by atomic mass is 15.3. The van der Waals surface area contributed by atoms with Crippen molar-refractivity contribution < 1.29 is 0 Å². The van der Waals surface area contributed by atoms with Crippen molar-refractivity contribution in [1.82, 2.24) is 9.78 Å². The van der Waals surface area contributed by atoms with Crippen molar-refractivity contribution in [3.05, 3.63) is 47.8 Å². The predicted molar refractivity (Wildman–Crippen MR) is 74.1 cm³/mol. The van der Waals surface area contributed by atoms with E-state index >= 15 is 0 Å². The Kier molecular flexibility index (Phi) is 3.18. The number of aryl methyl sites for hydroxylation is 1. The molecule has 2 aromatic rings. The summed E-state index contributed by atoms with van der Waals surface area (Å²) < 4.78 is 2.03. The van der Waals surface area contributed by atoms with E-state index in [0.29, 0.717) is 5.92 Å². The lowest BCUT2D eigenvalue weighted by Crippen LogP contribution is -2.06. The second kappa shape index (κ2) is 4.97. The second-order valence-corrected chi connectivity index (χ2v) is 5.31. The number of aromatic nitrogens is 2. The van der Waals surface area contributed by atoms with Gasteiger partial charge in [0.2, 0.25) is 0 Å². The minimum absolute atomic E-state index is 0.684. The number of benzene rings is 1. The Morgan fingerprint density at radius 1 is 1.06 bits per heavy atom. The van der Waals surface area contributed by atoms with Crippen LogP contribution in [0, 0.1) is 6.92 Å². The van der Waals surface area contributed by atoms with Crippen LogP contribution in [0.1, 0.15) is 49.3 Å². The van der Waals surface area contributed by atoms with E-state index in [1.807, 2.05) is 4.68 Å². The molecular formula is C16H20N2. The van der Waals surface area contributed by atoms with Crippen molar-refractivity contribution in [2.24, 2.45) is 0 Å². The maximum atomic E-state index is 4.78. The Bertz CT molecular complexity index is 521. The van der Waals surface area contributed by atoms with E-state index in [-0.39, 0.29) is 0 Å². The molecule has 3 rings (SSSR count). The third-order valence-electron chi connectivity index (χ3n) is 4.00. The summed E-state index contributed by atoms with van der Waals surface area (Å²) in [6.07, 6.45) is 8.85. The van der Waals surface area contributed by atoms with Crippen LogP contribution in [0.2, 0.25) is 0 Å². The average Bonchev–Trinajstić information content (AvgIpc) is 2.90. The first kappa shape index (κ1) is 11.5. The molecule has 0 saturated heterocycles. The van der Waals surface area contributed by atoms with E-state index in [1.54, 1.807) is 0 Å². The van der Waals surface area contributed by atoms with Crippen LogP contribution in [0.15, 0.2) is 36.5 Å². The van der Waals surface area contributed by atoms with Crippen LogP contribution in [0.4, 0.5) is 0 Å². The highest BCUT2D eigenvalue weighted by Gasteiger charge is 2.18. The molecule has 1 saturated carbocycles. The highest BCUT2D eigenvalue weighted by molar-refractivity contribution is 5.39. The largest absolute Gasteiger partial charge is 0.240 e. The molecule has 2 nitrogen and oxygen atoms in total. The van der Waals surface area contributed by atoms with Gasteiger partial charge in [-0.3, -0.25) is 0 Å². The van der Waals surface area contributed by atoms with Crippen LogP contribution < -0.4 is 0 Å². The molecule has 0 N–H and O–H groups in total. The molecule has 0 spiro atoms. The summed E-state index contributed by atoms with van der Waals surface area (Å²) in [7, 11) is 0. The van der Waals surface area contributed by atoms with Crippen molar-refractivity contribution in [3.8, 4) is 5.69 Å². The maximum Gasteiger partial charge on any atom is 0.0674 e. The molecule has 1 heterocycles. The summed E-state index contributed by atoms with van der Waals surface area (Å²) in [4.78, 5) is 0. The van der Waals surface area contributed by atoms with E-state index in [2.05, 4.69) is 43.5 Å². The zero-order valence-corrected chi connectivity index (χ0v) is 11.0. The van der Waals surface area contributed by atoms with Crippen LogP contribution in [0.5, 0.6) is 0 Å². The summed E-state index contributed by atoms with van der Waals surface area (Å²) >= 11 is 0. The normalized spacial score (nSPS) is 16.9. The molecule has 1 fully saturated rings. The molecule has 1 aromatic carbocycles. The van der Waals surface area contributed by atoms with Crippen molar-refractivity contribution in [1.29, 1.82) is 0 Å². The SMILES string of the molecule is Cc1ccccc1-n1ccc(C2CCCCC2)n1. The van der Waals surface area contributed by atoms with Gasteiger partial charge in [-0.1, -0.05) is 37.5 Å². The van der Waals surface area contributed by atoms with Crippen LogP contribution in [-0.2, 0) is 0 Å². The summed E-state index contributed by atoms with van der Waals surface area (Å²) in [5.74, 6) is 0.684. The quantitative estimate of drug-likeness (QED) is 0.768. The Morgan fingerprint density at radius 3 is 2.61 bits per heavy atom. The van der Waals surface area contributed by atoms with E-state index in [4.69, 9.17) is 5.10 Å². The molecule has 18 heavy (non-hydrogen) atoms. The van der Waals surface area contributed by atoms with E-state index in [0.717, 1.165) is 0 Å². The Morgan fingerprint density at radius 2 is 1.83 bits per heavy atom. The molecule has 0 atom stereocenters. The molecule has 94 valence electrons. The fraction of sp³-hybridized carbons (Fsp3) is 0.438. The van der Waals surface area contributed by atoms with Gasteiger partial charge in [-0.2, -0.15) is 5.10 Å². The van der Waals surface area contributed by atoms with Crippen LogP contribution in [0.25, 0.3) is 5.69 Å². The number of hydrogen-bond donors (Lipinski definition) is 0. The molecule has 1 aromatic heterocycles. The fourth-order valence-electron chi connectivity index (χ4n) is 2.91. The van der Waals surface area contributed by atoms with Crippen molar-refractivity contribution >= 4 is 0 Å². The van der Waals surface area contributed by atoms with Crippen LogP contribution in [0.3, 0.4) is 0 Å².